The highest BCUT2D eigenvalue weighted by Gasteiger charge is 2.46. The molecule has 0 radical (unpaired) electrons. The van der Waals surface area contributed by atoms with Crippen molar-refractivity contribution in [3.63, 3.8) is 0 Å². The van der Waals surface area contributed by atoms with Crippen molar-refractivity contribution >= 4 is 22.4 Å². The van der Waals surface area contributed by atoms with Crippen molar-refractivity contribution in [1.29, 1.82) is 0 Å². The number of morpholine rings is 1. The Balaban J connectivity index is 1.37. The molecule has 2 saturated heterocycles. The minimum atomic E-state index is -0.250. The van der Waals surface area contributed by atoms with Crippen LogP contribution in [0.25, 0.3) is 0 Å². The van der Waals surface area contributed by atoms with Crippen LogP contribution in [0.15, 0.2) is 5.38 Å². The van der Waals surface area contributed by atoms with Crippen LogP contribution < -0.4 is 10.2 Å². The number of thiazole rings is 1. The molecule has 1 N–H and O–H groups in total. The fraction of sp³-hybridized carbons (Fsp3) is 0.778. The van der Waals surface area contributed by atoms with Gasteiger partial charge in [0.15, 0.2) is 5.13 Å². The number of rotatable bonds is 5. The molecule has 1 aliphatic carbocycles. The first-order chi connectivity index (χ1) is 12.3. The summed E-state index contributed by atoms with van der Waals surface area (Å²) in [5, 5.41) is 6.31. The second-order valence-electron chi connectivity index (χ2n) is 7.34. The number of amides is 1. The lowest BCUT2D eigenvalue weighted by atomic mass is 9.94. The lowest BCUT2D eigenvalue weighted by Crippen LogP contribution is -2.56. The topological polar surface area (TPSA) is 57.7 Å². The van der Waals surface area contributed by atoms with Crippen LogP contribution in [-0.4, -0.2) is 60.7 Å². The van der Waals surface area contributed by atoms with E-state index in [9.17, 15) is 4.79 Å². The molecule has 0 atom stereocenters. The van der Waals surface area contributed by atoms with Crippen LogP contribution in [0.1, 0.15) is 44.2 Å². The normalized spacial score (nSPS) is 23.9. The van der Waals surface area contributed by atoms with E-state index in [1.165, 1.54) is 25.7 Å². The third-order valence-electron chi connectivity index (χ3n) is 5.82. The van der Waals surface area contributed by atoms with Crippen LogP contribution in [0, 0.1) is 0 Å². The first-order valence-corrected chi connectivity index (χ1v) is 10.5. The number of aromatic nitrogens is 1. The molecule has 1 amide bonds. The summed E-state index contributed by atoms with van der Waals surface area (Å²) in [6, 6.07) is 0. The van der Waals surface area contributed by atoms with Crippen molar-refractivity contribution in [3.05, 3.63) is 11.1 Å². The predicted molar refractivity (Wildman–Crippen MR) is 99.0 cm³/mol. The van der Waals surface area contributed by atoms with E-state index in [0.29, 0.717) is 6.54 Å². The predicted octanol–water partition coefficient (Wildman–Crippen LogP) is 2.00. The van der Waals surface area contributed by atoms with Gasteiger partial charge >= 0.3 is 0 Å². The quantitative estimate of drug-likeness (QED) is 0.866. The van der Waals surface area contributed by atoms with Gasteiger partial charge in [-0.3, -0.25) is 9.69 Å². The number of carbonyl (C=O) groups excluding carboxylic acids is 1. The van der Waals surface area contributed by atoms with Crippen LogP contribution >= 0.6 is 11.3 Å². The molecule has 1 saturated carbocycles. The molecule has 25 heavy (non-hydrogen) atoms. The molecule has 0 bridgehead atoms. The van der Waals surface area contributed by atoms with Crippen molar-refractivity contribution in [3.8, 4) is 0 Å². The summed E-state index contributed by atoms with van der Waals surface area (Å²) < 4.78 is 5.40. The zero-order chi connectivity index (χ0) is 17.1. The Kier molecular flexibility index (Phi) is 5.24. The molecule has 2 aliphatic heterocycles. The van der Waals surface area contributed by atoms with Crippen LogP contribution in [0.2, 0.25) is 0 Å². The van der Waals surface area contributed by atoms with Gasteiger partial charge in [-0.25, -0.2) is 4.98 Å². The number of carbonyl (C=O) groups is 1. The Morgan fingerprint density at radius 3 is 2.60 bits per heavy atom. The number of hydrogen-bond acceptors (Lipinski definition) is 6. The molecule has 7 heteroatoms. The van der Waals surface area contributed by atoms with Gasteiger partial charge < -0.3 is 15.0 Å². The van der Waals surface area contributed by atoms with Crippen LogP contribution in [-0.2, 0) is 16.1 Å². The Morgan fingerprint density at radius 2 is 1.88 bits per heavy atom. The van der Waals surface area contributed by atoms with Crippen molar-refractivity contribution < 1.29 is 9.53 Å². The number of nitrogens with one attached hydrogen (secondary N) is 1. The van der Waals surface area contributed by atoms with E-state index in [1.807, 2.05) is 0 Å². The summed E-state index contributed by atoms with van der Waals surface area (Å²) in [4.78, 5) is 22.5. The zero-order valence-corrected chi connectivity index (χ0v) is 15.7. The molecule has 138 valence electrons. The Bertz CT molecular complexity index is 588. The summed E-state index contributed by atoms with van der Waals surface area (Å²) in [6.45, 7) is 6.02. The lowest BCUT2D eigenvalue weighted by Gasteiger charge is -2.37. The average Bonchev–Trinajstić information content (AvgIpc) is 3.42. The first-order valence-electron chi connectivity index (χ1n) is 9.58. The van der Waals surface area contributed by atoms with E-state index >= 15 is 0 Å². The standard InChI is InChI=1S/C18H28N4O2S/c23-16(18(5-1-2-6-18)22-7-3-4-8-22)19-13-15-14-25-17(20-15)21-9-11-24-12-10-21/h14H,1-13H2,(H,19,23). The van der Waals surface area contributed by atoms with E-state index in [4.69, 9.17) is 9.72 Å². The number of anilines is 1. The molecule has 3 aliphatic rings. The maximum atomic E-state index is 13.0. The van der Waals surface area contributed by atoms with Crippen LogP contribution in [0.4, 0.5) is 5.13 Å². The molecule has 0 aromatic carbocycles. The van der Waals surface area contributed by atoms with Crippen molar-refractivity contribution in [2.24, 2.45) is 0 Å². The van der Waals surface area contributed by atoms with Gasteiger partial charge in [-0.1, -0.05) is 12.8 Å². The molecule has 6 nitrogen and oxygen atoms in total. The highest BCUT2D eigenvalue weighted by atomic mass is 32.1. The van der Waals surface area contributed by atoms with Gasteiger partial charge in [-0.2, -0.15) is 0 Å². The van der Waals surface area contributed by atoms with E-state index < -0.39 is 0 Å². The third-order valence-corrected chi connectivity index (χ3v) is 6.77. The Labute approximate surface area is 153 Å². The number of nitrogens with zero attached hydrogens (tertiary/aromatic N) is 3. The summed E-state index contributed by atoms with van der Waals surface area (Å²) in [5.74, 6) is 0.216. The fourth-order valence-electron chi connectivity index (χ4n) is 4.40. The molecule has 1 aromatic heterocycles. The summed E-state index contributed by atoms with van der Waals surface area (Å²) in [6.07, 6.45) is 6.81. The number of ether oxygens (including phenoxy) is 1. The van der Waals surface area contributed by atoms with E-state index in [0.717, 1.165) is 63.1 Å². The van der Waals surface area contributed by atoms with Crippen molar-refractivity contribution in [2.75, 3.05) is 44.3 Å². The zero-order valence-electron chi connectivity index (χ0n) is 14.8. The number of hydrogen-bond donors (Lipinski definition) is 1. The molecule has 3 fully saturated rings. The second-order valence-corrected chi connectivity index (χ2v) is 8.17. The summed E-state index contributed by atoms with van der Waals surface area (Å²) in [5.41, 5.74) is 0.717. The minimum Gasteiger partial charge on any atom is -0.378 e. The number of likely N-dealkylation sites (tertiary alicyclic amines) is 1. The van der Waals surface area contributed by atoms with Crippen molar-refractivity contribution in [1.82, 2.24) is 15.2 Å². The van der Waals surface area contributed by atoms with Gasteiger partial charge in [0.25, 0.3) is 0 Å². The molecule has 0 spiro atoms. The molecule has 0 unspecified atom stereocenters. The smallest absolute Gasteiger partial charge is 0.240 e. The summed E-state index contributed by atoms with van der Waals surface area (Å²) in [7, 11) is 0. The Hall–Kier alpha value is -1.18. The maximum Gasteiger partial charge on any atom is 0.240 e. The first kappa shape index (κ1) is 17.2. The monoisotopic (exact) mass is 364 g/mol. The molecule has 1 aromatic rings. The largest absolute Gasteiger partial charge is 0.378 e. The van der Waals surface area contributed by atoms with Gasteiger partial charge in [0.05, 0.1) is 25.5 Å². The maximum absolute atomic E-state index is 13.0. The fourth-order valence-corrected chi connectivity index (χ4v) is 5.28. The lowest BCUT2D eigenvalue weighted by molar-refractivity contribution is -0.133. The summed E-state index contributed by atoms with van der Waals surface area (Å²) >= 11 is 1.66. The average molecular weight is 365 g/mol. The van der Waals surface area contributed by atoms with Gasteiger partial charge in [-0.15, -0.1) is 11.3 Å². The Morgan fingerprint density at radius 1 is 1.16 bits per heavy atom. The van der Waals surface area contributed by atoms with Gasteiger partial charge in [-0.05, 0) is 38.8 Å². The molecule has 3 heterocycles. The van der Waals surface area contributed by atoms with Gasteiger partial charge in [0, 0.05) is 18.5 Å². The highest BCUT2D eigenvalue weighted by molar-refractivity contribution is 7.13. The van der Waals surface area contributed by atoms with Crippen LogP contribution in [0.3, 0.4) is 0 Å². The van der Waals surface area contributed by atoms with Gasteiger partial charge in [0.1, 0.15) is 5.54 Å². The minimum absolute atomic E-state index is 0.216. The van der Waals surface area contributed by atoms with E-state index in [2.05, 4.69) is 20.5 Å². The van der Waals surface area contributed by atoms with E-state index in [-0.39, 0.29) is 11.4 Å². The van der Waals surface area contributed by atoms with E-state index in [1.54, 1.807) is 11.3 Å². The second kappa shape index (κ2) is 7.60. The molecular formula is C18H28N4O2S. The van der Waals surface area contributed by atoms with Crippen LogP contribution in [0.5, 0.6) is 0 Å². The van der Waals surface area contributed by atoms with Crippen molar-refractivity contribution in [2.45, 2.75) is 50.6 Å². The molecular weight excluding hydrogens is 336 g/mol. The van der Waals surface area contributed by atoms with Gasteiger partial charge in [0.2, 0.25) is 5.91 Å². The third kappa shape index (κ3) is 3.55. The highest BCUT2D eigenvalue weighted by Crippen LogP contribution is 2.37. The SMILES string of the molecule is O=C(NCc1csc(N2CCOCC2)n1)C1(N2CCCC2)CCCC1. The molecule has 4 rings (SSSR count).